The number of esters is 1. The molecule has 0 aliphatic heterocycles. The van der Waals surface area contributed by atoms with Crippen LogP contribution in [0.2, 0.25) is 0 Å². The lowest BCUT2D eigenvalue weighted by atomic mass is 9.45. The molecule has 0 amide bonds. The van der Waals surface area contributed by atoms with Crippen LogP contribution in [0.25, 0.3) is 0 Å². The second-order valence-electron chi connectivity index (χ2n) is 10.0. The van der Waals surface area contributed by atoms with Crippen molar-refractivity contribution in [2.75, 3.05) is 0 Å². The van der Waals surface area contributed by atoms with Gasteiger partial charge < -0.3 is 4.74 Å². The quantitative estimate of drug-likeness (QED) is 0.661. The third-order valence-corrected chi connectivity index (χ3v) is 9.36. The summed E-state index contributed by atoms with van der Waals surface area (Å²) in [5.74, 6) is 2.46. The first kappa shape index (κ1) is 16.1. The molecule has 4 saturated carbocycles. The Kier molecular flexibility index (Phi) is 3.07. The maximum atomic E-state index is 11.9. The predicted molar refractivity (Wildman–Crippen MR) is 94.7 cm³/mol. The highest BCUT2D eigenvalue weighted by Crippen LogP contribution is 2.82. The van der Waals surface area contributed by atoms with Gasteiger partial charge in [-0.05, 0) is 79.6 Å². The lowest BCUT2D eigenvalue weighted by Crippen LogP contribution is -2.54. The van der Waals surface area contributed by atoms with E-state index in [9.17, 15) is 9.59 Å². The van der Waals surface area contributed by atoms with Gasteiger partial charge in [0.2, 0.25) is 0 Å². The molecule has 3 nitrogen and oxygen atoms in total. The second-order valence-corrected chi connectivity index (χ2v) is 10.0. The fourth-order valence-corrected chi connectivity index (χ4v) is 8.11. The lowest BCUT2D eigenvalue weighted by Gasteiger charge is -2.59. The molecule has 136 valence electrons. The molecule has 0 heterocycles. The largest absolute Gasteiger partial charge is 0.462 e. The Bertz CT molecular complexity index is 693. The number of allylic oxidation sites excluding steroid dienone is 1. The number of hydrogen-bond acceptors (Lipinski definition) is 3. The number of carbonyl (C=O) groups is 2. The maximum Gasteiger partial charge on any atom is 0.302 e. The van der Waals surface area contributed by atoms with Crippen LogP contribution in [-0.2, 0) is 14.3 Å². The van der Waals surface area contributed by atoms with E-state index in [0.717, 1.165) is 43.4 Å². The Morgan fingerprint density at radius 2 is 1.96 bits per heavy atom. The molecule has 0 aromatic heterocycles. The Hall–Kier alpha value is -1.12. The normalized spacial score (nSPS) is 53.1. The zero-order chi connectivity index (χ0) is 17.6. The molecule has 5 rings (SSSR count). The monoisotopic (exact) mass is 342 g/mol. The minimum absolute atomic E-state index is 0.114. The molecule has 0 aromatic rings. The molecule has 0 aromatic carbocycles. The summed E-state index contributed by atoms with van der Waals surface area (Å²) < 4.78 is 5.81. The van der Waals surface area contributed by atoms with E-state index in [1.54, 1.807) is 6.92 Å². The topological polar surface area (TPSA) is 43.4 Å². The molecule has 25 heavy (non-hydrogen) atoms. The number of ether oxygens (including phenoxy) is 1. The van der Waals surface area contributed by atoms with E-state index in [4.69, 9.17) is 4.74 Å². The molecule has 0 bridgehead atoms. The van der Waals surface area contributed by atoms with Crippen LogP contribution >= 0.6 is 0 Å². The Morgan fingerprint density at radius 1 is 1.16 bits per heavy atom. The van der Waals surface area contributed by atoms with Crippen molar-refractivity contribution < 1.29 is 14.3 Å². The van der Waals surface area contributed by atoms with E-state index < -0.39 is 0 Å². The number of carbonyl (C=O) groups excluding carboxylic acids is 2. The van der Waals surface area contributed by atoms with Crippen molar-refractivity contribution in [1.29, 1.82) is 0 Å². The van der Waals surface area contributed by atoms with E-state index in [-0.39, 0.29) is 22.9 Å². The molecular weight excluding hydrogens is 312 g/mol. The van der Waals surface area contributed by atoms with Crippen molar-refractivity contribution in [1.82, 2.24) is 0 Å². The first-order valence-corrected chi connectivity index (χ1v) is 10.2. The van der Waals surface area contributed by atoms with Crippen LogP contribution in [0.15, 0.2) is 11.6 Å². The summed E-state index contributed by atoms with van der Waals surface area (Å²) in [4.78, 5) is 23.6. The van der Waals surface area contributed by atoms with Crippen LogP contribution in [0, 0.1) is 34.0 Å². The molecule has 5 aliphatic carbocycles. The molecule has 0 unspecified atom stereocenters. The van der Waals surface area contributed by atoms with Gasteiger partial charge in [0, 0.05) is 18.8 Å². The van der Waals surface area contributed by atoms with E-state index in [2.05, 4.69) is 13.8 Å². The van der Waals surface area contributed by atoms with Crippen LogP contribution in [-0.4, -0.2) is 17.9 Å². The molecule has 1 spiro atoms. The summed E-state index contributed by atoms with van der Waals surface area (Å²) in [5.41, 5.74) is 2.26. The van der Waals surface area contributed by atoms with Gasteiger partial charge in [-0.1, -0.05) is 19.4 Å². The van der Waals surface area contributed by atoms with Crippen molar-refractivity contribution in [3.8, 4) is 0 Å². The van der Waals surface area contributed by atoms with Crippen molar-refractivity contribution >= 4 is 11.8 Å². The smallest absolute Gasteiger partial charge is 0.302 e. The number of rotatable bonds is 1. The maximum absolute atomic E-state index is 11.9. The first-order valence-electron chi connectivity index (χ1n) is 10.2. The van der Waals surface area contributed by atoms with Crippen LogP contribution in [0.4, 0.5) is 0 Å². The Labute approximate surface area is 150 Å². The van der Waals surface area contributed by atoms with Gasteiger partial charge in [-0.25, -0.2) is 0 Å². The van der Waals surface area contributed by atoms with Gasteiger partial charge in [0.25, 0.3) is 0 Å². The highest BCUT2D eigenvalue weighted by Gasteiger charge is 2.78. The van der Waals surface area contributed by atoms with Gasteiger partial charge in [-0.15, -0.1) is 0 Å². The number of hydrogen-bond donors (Lipinski definition) is 0. The molecule has 7 atom stereocenters. The molecule has 3 heteroatoms. The highest BCUT2D eigenvalue weighted by molar-refractivity contribution is 5.91. The molecule has 0 N–H and O–H groups in total. The van der Waals surface area contributed by atoms with Gasteiger partial charge in [0.15, 0.2) is 5.78 Å². The molecule has 5 aliphatic rings. The van der Waals surface area contributed by atoms with Gasteiger partial charge >= 0.3 is 5.97 Å². The van der Waals surface area contributed by atoms with Crippen LogP contribution in [0.3, 0.4) is 0 Å². The standard InChI is InChI=1S/C22H30O3/c1-13(23)25-19-11-15-12-22(15)18-5-4-14-10-16(24)6-8-20(14,2)17(18)7-9-21(19,22)3/h10,15,17-19H,4-9,11-12H2,1-3H3/t15-,17+,18-,19+,20+,21-,22+/m1/s1. The Balaban J connectivity index is 1.51. The Morgan fingerprint density at radius 3 is 2.72 bits per heavy atom. The number of fused-ring (bicyclic) bond motifs is 3. The highest BCUT2D eigenvalue weighted by atomic mass is 16.5. The molecule has 0 radical (unpaired) electrons. The zero-order valence-corrected chi connectivity index (χ0v) is 15.8. The van der Waals surface area contributed by atoms with E-state index in [1.165, 1.54) is 31.3 Å². The summed E-state index contributed by atoms with van der Waals surface area (Å²) in [5, 5.41) is 0. The predicted octanol–water partition coefficient (Wildman–Crippen LogP) is 4.45. The summed E-state index contributed by atoms with van der Waals surface area (Å²) in [6.45, 7) is 6.42. The average Bonchev–Trinajstić information content (AvgIpc) is 3.20. The summed E-state index contributed by atoms with van der Waals surface area (Å²) in [7, 11) is 0. The molecule has 4 fully saturated rings. The van der Waals surface area contributed by atoms with Crippen molar-refractivity contribution in [2.45, 2.75) is 78.2 Å². The van der Waals surface area contributed by atoms with E-state index >= 15 is 0 Å². The third-order valence-electron chi connectivity index (χ3n) is 9.36. The first-order chi connectivity index (χ1) is 11.8. The van der Waals surface area contributed by atoms with Crippen LogP contribution in [0.1, 0.15) is 72.1 Å². The van der Waals surface area contributed by atoms with Crippen LogP contribution < -0.4 is 0 Å². The summed E-state index contributed by atoms with van der Waals surface area (Å²) in [6.07, 6.45) is 11.1. The SMILES string of the molecule is CC(=O)O[C@H]1C[C@@H]2C[C@@]23[C@@H]2CCC4=CC(=O)CC[C@]4(C)[C@H]2CC[C@]13C. The van der Waals surface area contributed by atoms with Crippen molar-refractivity contribution in [3.05, 3.63) is 11.6 Å². The van der Waals surface area contributed by atoms with Crippen molar-refractivity contribution in [3.63, 3.8) is 0 Å². The third kappa shape index (κ3) is 1.83. The van der Waals surface area contributed by atoms with E-state index in [0.29, 0.717) is 11.2 Å². The van der Waals surface area contributed by atoms with Gasteiger partial charge in [-0.2, -0.15) is 0 Å². The average molecular weight is 342 g/mol. The van der Waals surface area contributed by atoms with Crippen LogP contribution in [0.5, 0.6) is 0 Å². The lowest BCUT2D eigenvalue weighted by molar-refractivity contribution is -0.162. The fourth-order valence-electron chi connectivity index (χ4n) is 8.11. The van der Waals surface area contributed by atoms with Gasteiger partial charge in [0.1, 0.15) is 6.10 Å². The minimum Gasteiger partial charge on any atom is -0.462 e. The molecule has 0 saturated heterocycles. The minimum atomic E-state index is -0.114. The molecular formula is C22H30O3. The fraction of sp³-hybridized carbons (Fsp3) is 0.818. The van der Waals surface area contributed by atoms with E-state index in [1.807, 2.05) is 6.08 Å². The zero-order valence-electron chi connectivity index (χ0n) is 15.8. The number of ketones is 1. The van der Waals surface area contributed by atoms with Gasteiger partial charge in [0.05, 0.1) is 0 Å². The summed E-state index contributed by atoms with van der Waals surface area (Å²) in [6, 6.07) is 0. The van der Waals surface area contributed by atoms with Gasteiger partial charge in [-0.3, -0.25) is 9.59 Å². The van der Waals surface area contributed by atoms with Crippen molar-refractivity contribution in [2.24, 2.45) is 34.0 Å². The summed E-state index contributed by atoms with van der Waals surface area (Å²) >= 11 is 0. The second kappa shape index (κ2) is 4.78.